The number of hydrogen-bond acceptors (Lipinski definition) is 4. The van der Waals surface area contributed by atoms with E-state index in [1.807, 2.05) is 13.8 Å². The van der Waals surface area contributed by atoms with Crippen LogP contribution in [0.2, 0.25) is 0 Å². The number of likely N-dealkylation sites (tertiary alicyclic amines) is 1. The molecule has 0 aromatic carbocycles. The lowest BCUT2D eigenvalue weighted by Gasteiger charge is -2.31. The van der Waals surface area contributed by atoms with E-state index in [4.69, 9.17) is 5.26 Å². The predicted octanol–water partition coefficient (Wildman–Crippen LogP) is 3.91. The Bertz CT molecular complexity index is 315. The first kappa shape index (κ1) is 22.1. The largest absolute Gasteiger partial charge is 0.317 e. The van der Waals surface area contributed by atoms with Crippen molar-refractivity contribution in [2.24, 2.45) is 0 Å². The molecule has 0 saturated carbocycles. The number of nitriles is 1. The third-order valence-corrected chi connectivity index (χ3v) is 4.13. The average Bonchev–Trinajstić information content (AvgIpc) is 2.95. The smallest absolute Gasteiger partial charge is 0.126 e. The maximum absolute atomic E-state index is 9.44. The molecule has 0 aromatic heterocycles. The van der Waals surface area contributed by atoms with E-state index in [-0.39, 0.29) is 11.3 Å². The monoisotopic (exact) mass is 323 g/mol. The Balaban J connectivity index is 0.000000371. The molecule has 0 radical (unpaired) electrons. The zero-order chi connectivity index (χ0) is 17.6. The van der Waals surface area contributed by atoms with Crippen LogP contribution in [0, 0.1) is 11.3 Å². The summed E-state index contributed by atoms with van der Waals surface area (Å²) < 4.78 is 0. The molecule has 134 valence electrons. The van der Waals surface area contributed by atoms with E-state index in [1.165, 1.54) is 78.3 Å². The molecule has 0 aliphatic carbocycles. The van der Waals surface area contributed by atoms with Crippen molar-refractivity contribution in [1.82, 2.24) is 10.2 Å². The van der Waals surface area contributed by atoms with Crippen molar-refractivity contribution >= 4 is 5.78 Å². The first-order chi connectivity index (χ1) is 10.9. The molecule has 0 bridgehead atoms. The summed E-state index contributed by atoms with van der Waals surface area (Å²) in [7, 11) is 0. The highest BCUT2D eigenvalue weighted by Gasteiger charge is 2.26. The molecule has 4 heteroatoms. The van der Waals surface area contributed by atoms with E-state index in [2.05, 4.69) is 16.3 Å². The third-order valence-electron chi connectivity index (χ3n) is 4.13. The van der Waals surface area contributed by atoms with Crippen molar-refractivity contribution in [1.29, 1.82) is 5.26 Å². The fraction of sp³-hybridized carbons (Fsp3) is 0.895. The molecule has 0 amide bonds. The summed E-state index contributed by atoms with van der Waals surface area (Å²) in [5.74, 6) is 0.167. The molecule has 2 aliphatic heterocycles. The van der Waals surface area contributed by atoms with Crippen LogP contribution in [0.15, 0.2) is 0 Å². The second kappa shape index (κ2) is 13.5. The standard InChI is InChI=1S/C10H18N2.C6H13N.C3H6O/c1-10(2,9-11)12-7-5-3-4-6-8-12;1-2-4-6-7-5-3-1;1-3(2)4/h3-8H2,1-2H3;7H,1-6H2;1-2H3. The molecule has 1 N–H and O–H groups in total. The molecule has 0 unspecified atom stereocenters. The lowest BCUT2D eigenvalue weighted by Crippen LogP contribution is -2.43. The van der Waals surface area contributed by atoms with Gasteiger partial charge in [-0.1, -0.05) is 25.7 Å². The number of nitrogens with one attached hydrogen (secondary N) is 1. The van der Waals surface area contributed by atoms with Gasteiger partial charge in [-0.15, -0.1) is 0 Å². The van der Waals surface area contributed by atoms with Gasteiger partial charge in [0.25, 0.3) is 0 Å². The lowest BCUT2D eigenvalue weighted by atomic mass is 10.1. The Hall–Kier alpha value is -0.920. The van der Waals surface area contributed by atoms with E-state index in [1.54, 1.807) is 0 Å². The van der Waals surface area contributed by atoms with Gasteiger partial charge in [-0.2, -0.15) is 5.26 Å². The first-order valence-electron chi connectivity index (χ1n) is 9.24. The highest BCUT2D eigenvalue weighted by Crippen LogP contribution is 2.18. The summed E-state index contributed by atoms with van der Waals surface area (Å²) in [4.78, 5) is 11.8. The number of carbonyl (C=O) groups excluding carboxylic acids is 1. The lowest BCUT2D eigenvalue weighted by molar-refractivity contribution is -0.114. The van der Waals surface area contributed by atoms with Gasteiger partial charge in [0.1, 0.15) is 11.3 Å². The average molecular weight is 324 g/mol. The van der Waals surface area contributed by atoms with Crippen molar-refractivity contribution < 1.29 is 4.79 Å². The number of Topliss-reactive ketones (excluding diaryl/α,β-unsaturated/α-hetero) is 1. The highest BCUT2D eigenvalue weighted by molar-refractivity contribution is 5.72. The maximum Gasteiger partial charge on any atom is 0.126 e. The fourth-order valence-corrected chi connectivity index (χ4v) is 2.68. The highest BCUT2D eigenvalue weighted by atomic mass is 16.1. The van der Waals surface area contributed by atoms with Gasteiger partial charge >= 0.3 is 0 Å². The Labute approximate surface area is 143 Å². The van der Waals surface area contributed by atoms with Crippen LogP contribution in [0.4, 0.5) is 0 Å². The van der Waals surface area contributed by atoms with Crippen LogP contribution in [0.3, 0.4) is 0 Å². The maximum atomic E-state index is 9.44. The van der Waals surface area contributed by atoms with Gasteiger partial charge in [-0.25, -0.2) is 0 Å². The Morgan fingerprint density at radius 1 is 0.913 bits per heavy atom. The zero-order valence-corrected chi connectivity index (χ0v) is 15.8. The number of rotatable bonds is 1. The number of nitrogens with zero attached hydrogens (tertiary/aromatic N) is 2. The molecule has 2 fully saturated rings. The minimum Gasteiger partial charge on any atom is -0.317 e. The molecule has 2 heterocycles. The first-order valence-corrected chi connectivity index (χ1v) is 9.24. The van der Waals surface area contributed by atoms with Crippen molar-refractivity contribution in [3.05, 3.63) is 0 Å². The van der Waals surface area contributed by atoms with Crippen molar-refractivity contribution in [2.75, 3.05) is 26.2 Å². The van der Waals surface area contributed by atoms with Crippen LogP contribution in [-0.4, -0.2) is 42.4 Å². The van der Waals surface area contributed by atoms with E-state index in [9.17, 15) is 4.79 Å². The number of carbonyl (C=O) groups is 1. The molecule has 0 aromatic rings. The van der Waals surface area contributed by atoms with E-state index < -0.39 is 0 Å². The number of hydrogen-bond donors (Lipinski definition) is 1. The summed E-state index contributed by atoms with van der Waals surface area (Å²) in [5, 5.41) is 12.3. The summed E-state index contributed by atoms with van der Waals surface area (Å²) in [5.41, 5.74) is -0.260. The minimum absolute atomic E-state index is 0.167. The van der Waals surface area contributed by atoms with Gasteiger partial charge in [0.2, 0.25) is 0 Å². The Morgan fingerprint density at radius 2 is 1.30 bits per heavy atom. The van der Waals surface area contributed by atoms with Gasteiger partial charge in [0, 0.05) is 0 Å². The quantitative estimate of drug-likeness (QED) is 0.795. The van der Waals surface area contributed by atoms with Gasteiger partial charge in [0.05, 0.1) is 6.07 Å². The van der Waals surface area contributed by atoms with Crippen LogP contribution in [-0.2, 0) is 4.79 Å². The zero-order valence-electron chi connectivity index (χ0n) is 15.8. The van der Waals surface area contributed by atoms with Crippen molar-refractivity contribution in [3.63, 3.8) is 0 Å². The van der Waals surface area contributed by atoms with Crippen LogP contribution in [0.5, 0.6) is 0 Å². The molecule has 0 spiro atoms. The summed E-state index contributed by atoms with van der Waals surface area (Å²) in [6, 6.07) is 2.36. The van der Waals surface area contributed by atoms with Crippen LogP contribution < -0.4 is 5.32 Å². The van der Waals surface area contributed by atoms with E-state index in [0.29, 0.717) is 0 Å². The van der Waals surface area contributed by atoms with Crippen LogP contribution in [0.25, 0.3) is 0 Å². The van der Waals surface area contributed by atoms with E-state index in [0.717, 1.165) is 13.1 Å². The van der Waals surface area contributed by atoms with Crippen LogP contribution >= 0.6 is 0 Å². The topological polar surface area (TPSA) is 56.1 Å². The van der Waals surface area contributed by atoms with Crippen LogP contribution in [0.1, 0.15) is 79.1 Å². The molecule has 2 rings (SSSR count). The minimum atomic E-state index is -0.260. The van der Waals surface area contributed by atoms with E-state index >= 15 is 0 Å². The second-order valence-electron chi connectivity index (χ2n) is 7.14. The SMILES string of the molecule is C1CCCNCC1.CC(C)(C#N)N1CCCCCC1.CC(C)=O. The molecule has 4 nitrogen and oxygen atoms in total. The molecular formula is C19H37N3O. The fourth-order valence-electron chi connectivity index (χ4n) is 2.68. The second-order valence-corrected chi connectivity index (χ2v) is 7.14. The van der Waals surface area contributed by atoms with Crippen molar-refractivity contribution in [2.45, 2.75) is 84.6 Å². The Kier molecular flexibility index (Phi) is 13.0. The summed E-state index contributed by atoms with van der Waals surface area (Å²) in [6.07, 6.45) is 10.8. The number of ketones is 1. The molecular weight excluding hydrogens is 286 g/mol. The predicted molar refractivity (Wildman–Crippen MR) is 97.4 cm³/mol. The summed E-state index contributed by atoms with van der Waals surface area (Å²) in [6.45, 7) is 11.8. The van der Waals surface area contributed by atoms with Gasteiger partial charge in [0.15, 0.2) is 0 Å². The van der Waals surface area contributed by atoms with Gasteiger partial charge in [-0.3, -0.25) is 4.90 Å². The van der Waals surface area contributed by atoms with Gasteiger partial charge in [-0.05, 0) is 79.6 Å². The van der Waals surface area contributed by atoms with Crippen molar-refractivity contribution in [3.8, 4) is 6.07 Å². The Morgan fingerprint density at radius 3 is 1.70 bits per heavy atom. The normalized spacial score (nSPS) is 19.6. The molecule has 2 aliphatic rings. The molecule has 2 saturated heterocycles. The third kappa shape index (κ3) is 13.2. The molecule has 23 heavy (non-hydrogen) atoms. The molecule has 0 atom stereocenters. The van der Waals surface area contributed by atoms with Gasteiger partial charge < -0.3 is 10.1 Å². The summed E-state index contributed by atoms with van der Waals surface area (Å²) >= 11 is 0.